The van der Waals surface area contributed by atoms with E-state index in [4.69, 9.17) is 5.73 Å². The number of amides is 1. The van der Waals surface area contributed by atoms with Gasteiger partial charge >= 0.3 is 0 Å². The standard InChI is InChI=1S/C13H24N4O/c1-10(12(18)17-8-4-5-9-17)15-13(14)16-11-6-2-3-7-11/h10-11H,2-9H2,1H3,(H3,14,15,16). The summed E-state index contributed by atoms with van der Waals surface area (Å²) in [6.07, 6.45) is 6.95. The summed E-state index contributed by atoms with van der Waals surface area (Å²) in [7, 11) is 0. The number of guanidine groups is 1. The van der Waals surface area contributed by atoms with Crippen molar-refractivity contribution >= 4 is 11.9 Å². The lowest BCUT2D eigenvalue weighted by Crippen LogP contribution is -2.48. The van der Waals surface area contributed by atoms with Crippen LogP contribution in [0, 0.1) is 0 Å². The summed E-state index contributed by atoms with van der Waals surface area (Å²) in [6, 6.07) is 0.0832. The van der Waals surface area contributed by atoms with Gasteiger partial charge in [-0.05, 0) is 32.6 Å². The lowest BCUT2D eigenvalue weighted by atomic mass is 10.3. The minimum absolute atomic E-state index is 0.136. The number of nitrogens with one attached hydrogen (secondary N) is 1. The van der Waals surface area contributed by atoms with Crippen molar-refractivity contribution < 1.29 is 4.79 Å². The maximum Gasteiger partial charge on any atom is 0.244 e. The Morgan fingerprint density at radius 1 is 1.28 bits per heavy atom. The quantitative estimate of drug-likeness (QED) is 0.577. The van der Waals surface area contributed by atoms with E-state index < -0.39 is 0 Å². The molecule has 102 valence electrons. The second-order valence-electron chi connectivity index (χ2n) is 5.35. The van der Waals surface area contributed by atoms with Crippen LogP contribution in [0.2, 0.25) is 0 Å². The molecule has 5 heteroatoms. The molecule has 1 aliphatic heterocycles. The van der Waals surface area contributed by atoms with Crippen LogP contribution in [0.1, 0.15) is 45.4 Å². The van der Waals surface area contributed by atoms with Crippen LogP contribution in [0.3, 0.4) is 0 Å². The van der Waals surface area contributed by atoms with E-state index in [1.165, 1.54) is 12.8 Å². The van der Waals surface area contributed by atoms with Crippen molar-refractivity contribution in [3.05, 3.63) is 0 Å². The van der Waals surface area contributed by atoms with Crippen molar-refractivity contribution in [1.29, 1.82) is 0 Å². The summed E-state index contributed by atoms with van der Waals surface area (Å²) in [5.41, 5.74) is 5.86. The first-order valence-electron chi connectivity index (χ1n) is 7.05. The van der Waals surface area contributed by atoms with Gasteiger partial charge in [-0.3, -0.25) is 9.79 Å². The van der Waals surface area contributed by atoms with E-state index in [9.17, 15) is 4.79 Å². The summed E-state index contributed by atoms with van der Waals surface area (Å²) in [5, 5.41) is 3.02. The lowest BCUT2D eigenvalue weighted by molar-refractivity contribution is -0.131. The molecule has 1 saturated heterocycles. The Labute approximate surface area is 109 Å². The smallest absolute Gasteiger partial charge is 0.244 e. The number of nitrogens with zero attached hydrogens (tertiary/aromatic N) is 2. The van der Waals surface area contributed by atoms with Gasteiger partial charge in [0, 0.05) is 13.1 Å². The normalized spacial score (nSPS) is 23.4. The molecule has 1 amide bonds. The fourth-order valence-electron chi connectivity index (χ4n) is 2.76. The highest BCUT2D eigenvalue weighted by Crippen LogP contribution is 2.20. The molecule has 0 radical (unpaired) electrons. The number of likely N-dealkylation sites (tertiary alicyclic amines) is 1. The number of aliphatic imine (C=N–C) groups is 1. The predicted molar refractivity (Wildman–Crippen MR) is 72.3 cm³/mol. The Morgan fingerprint density at radius 3 is 2.50 bits per heavy atom. The summed E-state index contributed by atoms with van der Waals surface area (Å²) >= 11 is 0. The summed E-state index contributed by atoms with van der Waals surface area (Å²) < 4.78 is 0. The number of carbonyl (C=O) groups is 1. The highest BCUT2D eigenvalue weighted by atomic mass is 16.2. The van der Waals surface area contributed by atoms with Crippen LogP contribution in [0.5, 0.6) is 0 Å². The highest BCUT2D eigenvalue weighted by molar-refractivity contribution is 5.88. The molecule has 0 spiro atoms. The molecular weight excluding hydrogens is 228 g/mol. The molecule has 18 heavy (non-hydrogen) atoms. The van der Waals surface area contributed by atoms with Crippen molar-refractivity contribution in [2.24, 2.45) is 10.7 Å². The topological polar surface area (TPSA) is 70.7 Å². The van der Waals surface area contributed by atoms with Gasteiger partial charge in [0.15, 0.2) is 5.96 Å². The van der Waals surface area contributed by atoms with Crippen LogP contribution in [-0.4, -0.2) is 41.9 Å². The zero-order chi connectivity index (χ0) is 13.0. The van der Waals surface area contributed by atoms with Crippen molar-refractivity contribution in [1.82, 2.24) is 10.2 Å². The van der Waals surface area contributed by atoms with Crippen LogP contribution in [-0.2, 0) is 4.79 Å². The SMILES string of the molecule is CC(NC(N)=NC1CCCC1)C(=O)N1CCCC1. The molecule has 5 nitrogen and oxygen atoms in total. The van der Waals surface area contributed by atoms with E-state index in [1.54, 1.807) is 0 Å². The second kappa shape index (κ2) is 6.07. The summed E-state index contributed by atoms with van der Waals surface area (Å²) in [6.45, 7) is 3.62. The maximum absolute atomic E-state index is 12.1. The molecule has 0 aromatic heterocycles. The Morgan fingerprint density at radius 2 is 1.89 bits per heavy atom. The Bertz CT molecular complexity index is 317. The molecule has 0 aromatic rings. The van der Waals surface area contributed by atoms with Gasteiger partial charge in [-0.1, -0.05) is 12.8 Å². The van der Waals surface area contributed by atoms with E-state index in [0.29, 0.717) is 12.0 Å². The molecule has 2 aliphatic rings. The molecule has 1 heterocycles. The largest absolute Gasteiger partial charge is 0.370 e. The fraction of sp³-hybridized carbons (Fsp3) is 0.846. The third kappa shape index (κ3) is 3.37. The van der Waals surface area contributed by atoms with Gasteiger partial charge in [-0.25, -0.2) is 0 Å². The van der Waals surface area contributed by atoms with Gasteiger partial charge in [-0.15, -0.1) is 0 Å². The molecule has 1 unspecified atom stereocenters. The lowest BCUT2D eigenvalue weighted by Gasteiger charge is -2.21. The molecule has 2 fully saturated rings. The minimum Gasteiger partial charge on any atom is -0.370 e. The van der Waals surface area contributed by atoms with Gasteiger partial charge in [0.25, 0.3) is 0 Å². The monoisotopic (exact) mass is 252 g/mol. The minimum atomic E-state index is -0.270. The number of carbonyl (C=O) groups excluding carboxylic acids is 1. The molecule has 0 aromatic carbocycles. The van der Waals surface area contributed by atoms with Gasteiger partial charge in [0.1, 0.15) is 6.04 Å². The first-order valence-corrected chi connectivity index (χ1v) is 7.05. The highest BCUT2D eigenvalue weighted by Gasteiger charge is 2.23. The van der Waals surface area contributed by atoms with Crippen LogP contribution in [0.25, 0.3) is 0 Å². The average Bonchev–Trinajstić information content (AvgIpc) is 2.99. The summed E-state index contributed by atoms with van der Waals surface area (Å²) in [5.74, 6) is 0.555. The Hall–Kier alpha value is -1.26. The molecule has 2 rings (SSSR count). The van der Waals surface area contributed by atoms with Crippen LogP contribution in [0.4, 0.5) is 0 Å². The third-order valence-electron chi connectivity index (χ3n) is 3.80. The van der Waals surface area contributed by atoms with Gasteiger partial charge in [0.2, 0.25) is 5.91 Å². The molecule has 3 N–H and O–H groups in total. The first-order chi connectivity index (χ1) is 8.66. The molecule has 1 atom stereocenters. The van der Waals surface area contributed by atoms with Crippen LogP contribution >= 0.6 is 0 Å². The van der Waals surface area contributed by atoms with E-state index in [0.717, 1.165) is 38.8 Å². The van der Waals surface area contributed by atoms with E-state index in [1.807, 2.05) is 11.8 Å². The number of hydrogen-bond donors (Lipinski definition) is 2. The molecular formula is C13H24N4O. The Kier molecular flexibility index (Phi) is 4.44. The number of rotatable bonds is 3. The van der Waals surface area contributed by atoms with E-state index >= 15 is 0 Å². The number of nitrogens with two attached hydrogens (primary N) is 1. The van der Waals surface area contributed by atoms with E-state index in [2.05, 4.69) is 10.3 Å². The zero-order valence-corrected chi connectivity index (χ0v) is 11.2. The van der Waals surface area contributed by atoms with Gasteiger partial charge < -0.3 is 16.0 Å². The average molecular weight is 252 g/mol. The van der Waals surface area contributed by atoms with Crippen LogP contribution < -0.4 is 11.1 Å². The first kappa shape index (κ1) is 13.2. The van der Waals surface area contributed by atoms with E-state index in [-0.39, 0.29) is 11.9 Å². The molecule has 1 saturated carbocycles. The number of hydrogen-bond acceptors (Lipinski definition) is 2. The maximum atomic E-state index is 12.1. The van der Waals surface area contributed by atoms with Crippen LogP contribution in [0.15, 0.2) is 4.99 Å². The second-order valence-corrected chi connectivity index (χ2v) is 5.35. The van der Waals surface area contributed by atoms with Gasteiger partial charge in [0.05, 0.1) is 6.04 Å². The summed E-state index contributed by atoms with van der Waals surface area (Å²) in [4.78, 5) is 18.4. The van der Waals surface area contributed by atoms with Gasteiger partial charge in [-0.2, -0.15) is 0 Å². The third-order valence-corrected chi connectivity index (χ3v) is 3.80. The van der Waals surface area contributed by atoms with Crippen molar-refractivity contribution in [2.75, 3.05) is 13.1 Å². The molecule has 1 aliphatic carbocycles. The zero-order valence-electron chi connectivity index (χ0n) is 11.2. The fourth-order valence-corrected chi connectivity index (χ4v) is 2.76. The van der Waals surface area contributed by atoms with Crippen molar-refractivity contribution in [3.63, 3.8) is 0 Å². The van der Waals surface area contributed by atoms with Crippen molar-refractivity contribution in [3.8, 4) is 0 Å². The predicted octanol–water partition coefficient (Wildman–Crippen LogP) is 0.844. The van der Waals surface area contributed by atoms with Crippen molar-refractivity contribution in [2.45, 2.75) is 57.5 Å². The molecule has 0 bridgehead atoms. The Balaban J connectivity index is 1.81.